The van der Waals surface area contributed by atoms with Crippen LogP contribution in [0.1, 0.15) is 29.0 Å². The summed E-state index contributed by atoms with van der Waals surface area (Å²) >= 11 is 7.87. The third kappa shape index (κ3) is 3.14. The van der Waals surface area contributed by atoms with Gasteiger partial charge in [-0.3, -0.25) is 0 Å². The molecule has 3 heteroatoms. The first-order chi connectivity index (χ1) is 8.74. The molecule has 1 aromatic carbocycles. The van der Waals surface area contributed by atoms with E-state index in [0.717, 1.165) is 17.9 Å². The van der Waals surface area contributed by atoms with Gasteiger partial charge in [0.15, 0.2) is 0 Å². The molecule has 2 aromatic rings. The predicted octanol–water partition coefficient (Wildman–Crippen LogP) is 4.47. The molecule has 0 aliphatic rings. The second-order valence-corrected chi connectivity index (χ2v) is 5.72. The minimum atomic E-state index is 0.374. The van der Waals surface area contributed by atoms with E-state index in [-0.39, 0.29) is 0 Å². The maximum atomic E-state index is 6.04. The molecule has 0 aliphatic carbocycles. The zero-order chi connectivity index (χ0) is 13.0. The lowest BCUT2D eigenvalue weighted by Gasteiger charge is -2.17. The number of benzene rings is 1. The molecule has 0 fully saturated rings. The smallest absolute Gasteiger partial charge is 0.0456 e. The summed E-state index contributed by atoms with van der Waals surface area (Å²) in [5.74, 6) is 0. The molecule has 1 heterocycles. The molecule has 1 N–H and O–H groups in total. The van der Waals surface area contributed by atoms with Crippen LogP contribution in [-0.4, -0.2) is 7.05 Å². The quantitative estimate of drug-likeness (QED) is 0.852. The van der Waals surface area contributed by atoms with Gasteiger partial charge in [-0.15, -0.1) is 11.3 Å². The molecule has 2 rings (SSSR count). The molecule has 0 saturated carbocycles. The van der Waals surface area contributed by atoms with E-state index >= 15 is 0 Å². The van der Waals surface area contributed by atoms with Gasteiger partial charge in [0.2, 0.25) is 0 Å². The van der Waals surface area contributed by atoms with Gasteiger partial charge in [-0.1, -0.05) is 30.7 Å². The Bertz CT molecular complexity index is 507. The number of rotatable bonds is 5. The van der Waals surface area contributed by atoms with Gasteiger partial charge >= 0.3 is 0 Å². The van der Waals surface area contributed by atoms with E-state index in [9.17, 15) is 0 Å². The van der Waals surface area contributed by atoms with Crippen molar-refractivity contribution in [1.29, 1.82) is 0 Å². The zero-order valence-electron chi connectivity index (χ0n) is 10.7. The summed E-state index contributed by atoms with van der Waals surface area (Å²) in [6, 6.07) is 10.7. The second-order valence-electron chi connectivity index (χ2n) is 4.34. The molecular formula is C15H18ClNS. The topological polar surface area (TPSA) is 12.0 Å². The highest BCUT2D eigenvalue weighted by Gasteiger charge is 2.15. The van der Waals surface area contributed by atoms with Gasteiger partial charge in [-0.05, 0) is 54.6 Å². The highest BCUT2D eigenvalue weighted by Crippen LogP contribution is 2.28. The van der Waals surface area contributed by atoms with Crippen molar-refractivity contribution in [1.82, 2.24) is 5.32 Å². The molecule has 0 spiro atoms. The summed E-state index contributed by atoms with van der Waals surface area (Å²) in [5, 5.41) is 6.40. The van der Waals surface area contributed by atoms with Crippen molar-refractivity contribution in [2.24, 2.45) is 0 Å². The first kappa shape index (κ1) is 13.6. The van der Waals surface area contributed by atoms with Crippen molar-refractivity contribution >= 4 is 22.9 Å². The Morgan fingerprint density at radius 3 is 2.83 bits per heavy atom. The van der Waals surface area contributed by atoms with Crippen LogP contribution in [0.15, 0.2) is 35.7 Å². The molecular weight excluding hydrogens is 262 g/mol. The highest BCUT2D eigenvalue weighted by atomic mass is 35.5. The monoisotopic (exact) mass is 279 g/mol. The average molecular weight is 280 g/mol. The Kier molecular flexibility index (Phi) is 4.81. The van der Waals surface area contributed by atoms with Crippen molar-refractivity contribution in [3.63, 3.8) is 0 Å². The third-order valence-corrected chi connectivity index (χ3v) is 4.46. The van der Waals surface area contributed by atoms with Gasteiger partial charge in [0, 0.05) is 15.9 Å². The van der Waals surface area contributed by atoms with Crippen LogP contribution in [0.3, 0.4) is 0 Å². The number of hydrogen-bond donors (Lipinski definition) is 1. The van der Waals surface area contributed by atoms with Gasteiger partial charge in [-0.2, -0.15) is 0 Å². The Labute approximate surface area is 118 Å². The molecule has 18 heavy (non-hydrogen) atoms. The minimum absolute atomic E-state index is 0.374. The summed E-state index contributed by atoms with van der Waals surface area (Å²) in [4.78, 5) is 1.44. The molecule has 1 aromatic heterocycles. The van der Waals surface area contributed by atoms with Crippen molar-refractivity contribution < 1.29 is 0 Å². The highest BCUT2D eigenvalue weighted by molar-refractivity contribution is 7.10. The Balaban J connectivity index is 2.20. The maximum Gasteiger partial charge on any atom is 0.0456 e. The van der Waals surface area contributed by atoms with Crippen LogP contribution in [0.4, 0.5) is 0 Å². The number of thiophene rings is 1. The zero-order valence-corrected chi connectivity index (χ0v) is 12.3. The summed E-state index contributed by atoms with van der Waals surface area (Å²) < 4.78 is 0. The lowest BCUT2D eigenvalue weighted by molar-refractivity contribution is 0.597. The summed E-state index contributed by atoms with van der Waals surface area (Å²) in [6.07, 6.45) is 2.07. The van der Waals surface area contributed by atoms with E-state index in [4.69, 9.17) is 11.6 Å². The van der Waals surface area contributed by atoms with Gasteiger partial charge in [0.05, 0.1) is 0 Å². The fourth-order valence-electron chi connectivity index (χ4n) is 2.17. The summed E-state index contributed by atoms with van der Waals surface area (Å²) in [7, 11) is 2.02. The molecule has 96 valence electrons. The standard InChI is InChI=1S/C15H18ClNS/c1-3-12-7-8-18-15(12)14(17-2)10-11-5-4-6-13(16)9-11/h4-9,14,17H,3,10H2,1-2H3. The number of likely N-dealkylation sites (N-methyl/N-ethyl adjacent to an activating group) is 1. The Hall–Kier alpha value is -0.830. The van der Waals surface area contributed by atoms with Crippen molar-refractivity contribution in [2.45, 2.75) is 25.8 Å². The molecule has 0 amide bonds. The minimum Gasteiger partial charge on any atom is -0.312 e. The van der Waals surface area contributed by atoms with Crippen LogP contribution in [0.5, 0.6) is 0 Å². The number of nitrogens with one attached hydrogen (secondary N) is 1. The lowest BCUT2D eigenvalue weighted by atomic mass is 10.0. The lowest BCUT2D eigenvalue weighted by Crippen LogP contribution is -2.18. The van der Waals surface area contributed by atoms with E-state index in [1.807, 2.05) is 36.6 Å². The van der Waals surface area contributed by atoms with E-state index in [1.54, 1.807) is 0 Å². The number of halogens is 1. The molecule has 0 radical (unpaired) electrons. The van der Waals surface area contributed by atoms with Crippen LogP contribution < -0.4 is 5.32 Å². The fraction of sp³-hybridized carbons (Fsp3) is 0.333. The summed E-state index contributed by atoms with van der Waals surface area (Å²) in [5.41, 5.74) is 2.72. The Morgan fingerprint density at radius 1 is 1.33 bits per heavy atom. The largest absolute Gasteiger partial charge is 0.312 e. The molecule has 0 saturated heterocycles. The van der Waals surface area contributed by atoms with E-state index < -0.39 is 0 Å². The van der Waals surface area contributed by atoms with Crippen LogP contribution in [0.25, 0.3) is 0 Å². The first-order valence-corrected chi connectivity index (χ1v) is 7.48. The third-order valence-electron chi connectivity index (χ3n) is 3.16. The van der Waals surface area contributed by atoms with E-state index in [1.165, 1.54) is 16.0 Å². The van der Waals surface area contributed by atoms with Crippen LogP contribution in [0, 0.1) is 0 Å². The van der Waals surface area contributed by atoms with Crippen molar-refractivity contribution in [2.75, 3.05) is 7.05 Å². The van der Waals surface area contributed by atoms with Crippen LogP contribution in [0.2, 0.25) is 5.02 Å². The number of hydrogen-bond acceptors (Lipinski definition) is 2. The van der Waals surface area contributed by atoms with Gasteiger partial charge in [0.1, 0.15) is 0 Å². The average Bonchev–Trinajstić information content (AvgIpc) is 2.84. The van der Waals surface area contributed by atoms with Gasteiger partial charge in [-0.25, -0.2) is 0 Å². The van der Waals surface area contributed by atoms with Gasteiger partial charge in [0.25, 0.3) is 0 Å². The molecule has 0 bridgehead atoms. The molecule has 0 aliphatic heterocycles. The van der Waals surface area contributed by atoms with Crippen molar-refractivity contribution in [3.8, 4) is 0 Å². The first-order valence-electron chi connectivity index (χ1n) is 6.22. The molecule has 1 nitrogen and oxygen atoms in total. The molecule has 1 atom stereocenters. The van der Waals surface area contributed by atoms with E-state index in [2.05, 4.69) is 29.8 Å². The summed E-state index contributed by atoms with van der Waals surface area (Å²) in [6.45, 7) is 2.21. The predicted molar refractivity (Wildman–Crippen MR) is 80.7 cm³/mol. The Morgan fingerprint density at radius 2 is 2.17 bits per heavy atom. The van der Waals surface area contributed by atoms with Crippen LogP contribution >= 0.6 is 22.9 Å². The second kappa shape index (κ2) is 6.37. The van der Waals surface area contributed by atoms with E-state index in [0.29, 0.717) is 6.04 Å². The fourth-order valence-corrected chi connectivity index (χ4v) is 3.49. The van der Waals surface area contributed by atoms with Gasteiger partial charge < -0.3 is 5.32 Å². The normalized spacial score (nSPS) is 12.6. The SMILES string of the molecule is CCc1ccsc1C(Cc1cccc(Cl)c1)NC. The maximum absolute atomic E-state index is 6.04. The molecule has 1 unspecified atom stereocenters. The number of aryl methyl sites for hydroxylation is 1. The van der Waals surface area contributed by atoms with Crippen molar-refractivity contribution in [3.05, 3.63) is 56.7 Å². The van der Waals surface area contributed by atoms with Crippen LogP contribution in [-0.2, 0) is 12.8 Å².